The molecule has 2 unspecified atom stereocenters. The van der Waals surface area contributed by atoms with Crippen LogP contribution in [0.1, 0.15) is 31.2 Å². The number of methoxy groups -OCH3 is 1. The van der Waals surface area contributed by atoms with Gasteiger partial charge in [0.25, 0.3) is 5.69 Å². The lowest BCUT2D eigenvalue weighted by Crippen LogP contribution is -2.27. The third-order valence-electron chi connectivity index (χ3n) is 3.93. The first-order chi connectivity index (χ1) is 10.1. The summed E-state index contributed by atoms with van der Waals surface area (Å²) in [5, 5.41) is 13.9. The molecule has 0 amide bonds. The number of hydrogen-bond acceptors (Lipinski definition) is 5. The Morgan fingerprint density at radius 2 is 2.14 bits per heavy atom. The highest BCUT2D eigenvalue weighted by molar-refractivity contribution is 5.62. The fourth-order valence-electron chi connectivity index (χ4n) is 2.71. The number of ether oxygens (including phenoxy) is 2. The first-order valence-electron chi connectivity index (χ1n) is 7.23. The normalized spacial score (nSPS) is 22.0. The molecule has 0 heterocycles. The zero-order valence-electron chi connectivity index (χ0n) is 12.5. The maximum Gasteiger partial charge on any atom is 0.292 e. The molecule has 116 valence electrons. The van der Waals surface area contributed by atoms with E-state index in [0.717, 1.165) is 31.2 Å². The van der Waals surface area contributed by atoms with Crippen molar-refractivity contribution in [3.8, 4) is 0 Å². The van der Waals surface area contributed by atoms with Crippen LogP contribution in [0.15, 0.2) is 18.2 Å². The highest BCUT2D eigenvalue weighted by atomic mass is 16.6. The smallest absolute Gasteiger partial charge is 0.292 e. The summed E-state index contributed by atoms with van der Waals surface area (Å²) in [5.41, 5.74) is 1.41. The van der Waals surface area contributed by atoms with Crippen molar-refractivity contribution >= 4 is 11.4 Å². The van der Waals surface area contributed by atoms with Gasteiger partial charge < -0.3 is 14.8 Å². The molecule has 2 atom stereocenters. The molecule has 0 aliphatic heterocycles. The van der Waals surface area contributed by atoms with E-state index in [4.69, 9.17) is 9.47 Å². The van der Waals surface area contributed by atoms with E-state index in [2.05, 4.69) is 5.32 Å². The molecule has 1 aromatic carbocycles. The Morgan fingerprint density at radius 1 is 1.38 bits per heavy atom. The Morgan fingerprint density at radius 3 is 2.81 bits per heavy atom. The van der Waals surface area contributed by atoms with Gasteiger partial charge in [-0.05, 0) is 37.3 Å². The largest absolute Gasteiger partial charge is 0.383 e. The van der Waals surface area contributed by atoms with Crippen LogP contribution in [0.5, 0.6) is 0 Å². The van der Waals surface area contributed by atoms with Gasteiger partial charge in [-0.3, -0.25) is 10.1 Å². The molecule has 6 heteroatoms. The van der Waals surface area contributed by atoms with Crippen LogP contribution in [0.4, 0.5) is 11.4 Å². The summed E-state index contributed by atoms with van der Waals surface area (Å²) in [6.07, 6.45) is 4.54. The Bertz CT molecular complexity index is 493. The second kappa shape index (κ2) is 7.38. The van der Waals surface area contributed by atoms with Gasteiger partial charge in [-0.25, -0.2) is 0 Å². The van der Waals surface area contributed by atoms with E-state index in [-0.39, 0.29) is 22.8 Å². The monoisotopic (exact) mass is 294 g/mol. The Kier molecular flexibility index (Phi) is 5.52. The second-order valence-electron chi connectivity index (χ2n) is 5.32. The average Bonchev–Trinajstić information content (AvgIpc) is 2.52. The average molecular weight is 294 g/mol. The van der Waals surface area contributed by atoms with E-state index in [0.29, 0.717) is 12.3 Å². The summed E-state index contributed by atoms with van der Waals surface area (Å²) in [6.45, 7) is 0.395. The Balaban J connectivity index is 1.97. The zero-order valence-corrected chi connectivity index (χ0v) is 12.5. The summed E-state index contributed by atoms with van der Waals surface area (Å²) in [6, 6.07) is 5.15. The molecule has 21 heavy (non-hydrogen) atoms. The van der Waals surface area contributed by atoms with E-state index < -0.39 is 0 Å². The zero-order chi connectivity index (χ0) is 15.2. The Hall–Kier alpha value is -1.66. The lowest BCUT2D eigenvalue weighted by Gasteiger charge is -2.28. The minimum Gasteiger partial charge on any atom is -0.383 e. The molecule has 0 aromatic heterocycles. The SMILES string of the molecule is CNc1ccc(COC2CCCC(OC)C2)cc1[N+](=O)[O-]. The molecule has 0 bridgehead atoms. The fourth-order valence-corrected chi connectivity index (χ4v) is 2.71. The minimum absolute atomic E-state index is 0.0806. The van der Waals surface area contributed by atoms with Crippen molar-refractivity contribution in [2.24, 2.45) is 0 Å². The summed E-state index contributed by atoms with van der Waals surface area (Å²) >= 11 is 0. The second-order valence-corrected chi connectivity index (χ2v) is 5.32. The quantitative estimate of drug-likeness (QED) is 0.644. The summed E-state index contributed by atoms with van der Waals surface area (Å²) in [7, 11) is 3.40. The molecule has 1 aliphatic rings. The van der Waals surface area contributed by atoms with E-state index >= 15 is 0 Å². The van der Waals surface area contributed by atoms with Crippen molar-refractivity contribution in [3.63, 3.8) is 0 Å². The van der Waals surface area contributed by atoms with Gasteiger partial charge in [0, 0.05) is 20.2 Å². The maximum atomic E-state index is 11.0. The standard InChI is InChI=1S/C15H22N2O4/c1-16-14-7-6-11(8-15(14)17(18)19)10-21-13-5-3-4-12(9-13)20-2/h6-8,12-13,16H,3-5,9-10H2,1-2H3. The highest BCUT2D eigenvalue weighted by Gasteiger charge is 2.22. The minimum atomic E-state index is -0.378. The maximum absolute atomic E-state index is 11.0. The van der Waals surface area contributed by atoms with Crippen molar-refractivity contribution in [3.05, 3.63) is 33.9 Å². The molecule has 0 radical (unpaired) electrons. The van der Waals surface area contributed by atoms with Gasteiger partial charge in [0.2, 0.25) is 0 Å². The number of nitrogens with zero attached hydrogens (tertiary/aromatic N) is 1. The molecule has 1 saturated carbocycles. The first kappa shape index (κ1) is 15.7. The van der Waals surface area contributed by atoms with E-state index in [1.54, 1.807) is 26.3 Å². The molecule has 1 N–H and O–H groups in total. The lowest BCUT2D eigenvalue weighted by molar-refractivity contribution is -0.384. The van der Waals surface area contributed by atoms with Crippen LogP contribution in [-0.2, 0) is 16.1 Å². The molecule has 2 rings (SSSR count). The van der Waals surface area contributed by atoms with Gasteiger partial charge >= 0.3 is 0 Å². The third kappa shape index (κ3) is 4.15. The molecule has 6 nitrogen and oxygen atoms in total. The van der Waals surface area contributed by atoms with Crippen LogP contribution in [0, 0.1) is 10.1 Å². The summed E-state index contributed by atoms with van der Waals surface area (Å²) in [5.74, 6) is 0. The van der Waals surface area contributed by atoms with Crippen molar-refractivity contribution in [1.82, 2.24) is 0 Å². The van der Waals surface area contributed by atoms with Crippen LogP contribution in [-0.4, -0.2) is 31.3 Å². The number of hydrogen-bond donors (Lipinski definition) is 1. The van der Waals surface area contributed by atoms with Crippen LogP contribution in [0.2, 0.25) is 0 Å². The molecule has 1 aromatic rings. The van der Waals surface area contributed by atoms with Gasteiger partial charge in [-0.15, -0.1) is 0 Å². The van der Waals surface area contributed by atoms with E-state index in [1.807, 2.05) is 6.07 Å². The topological polar surface area (TPSA) is 73.6 Å². The van der Waals surface area contributed by atoms with Gasteiger partial charge in [0.15, 0.2) is 0 Å². The van der Waals surface area contributed by atoms with Crippen molar-refractivity contribution in [1.29, 1.82) is 0 Å². The molecule has 1 aliphatic carbocycles. The van der Waals surface area contributed by atoms with Gasteiger partial charge in [0.1, 0.15) is 5.69 Å². The predicted octanol–water partition coefficient (Wildman–Crippen LogP) is 3.11. The third-order valence-corrected chi connectivity index (χ3v) is 3.93. The van der Waals surface area contributed by atoms with Crippen LogP contribution >= 0.6 is 0 Å². The van der Waals surface area contributed by atoms with E-state index in [1.165, 1.54) is 0 Å². The van der Waals surface area contributed by atoms with Gasteiger partial charge in [-0.2, -0.15) is 0 Å². The summed E-state index contributed by atoms with van der Waals surface area (Å²) in [4.78, 5) is 10.7. The molecule has 0 saturated heterocycles. The molecular formula is C15H22N2O4. The summed E-state index contributed by atoms with van der Waals surface area (Å²) < 4.78 is 11.3. The number of anilines is 1. The molecular weight excluding hydrogens is 272 g/mol. The predicted molar refractivity (Wildman–Crippen MR) is 80.5 cm³/mol. The number of benzene rings is 1. The number of nitro benzene ring substituents is 1. The lowest BCUT2D eigenvalue weighted by atomic mass is 9.95. The van der Waals surface area contributed by atoms with Crippen LogP contribution < -0.4 is 5.32 Å². The van der Waals surface area contributed by atoms with Crippen LogP contribution in [0.3, 0.4) is 0 Å². The number of nitro groups is 1. The van der Waals surface area contributed by atoms with E-state index in [9.17, 15) is 10.1 Å². The number of rotatable bonds is 6. The van der Waals surface area contributed by atoms with Crippen molar-refractivity contribution in [2.75, 3.05) is 19.5 Å². The first-order valence-corrected chi connectivity index (χ1v) is 7.23. The number of nitrogens with one attached hydrogen (secondary N) is 1. The van der Waals surface area contributed by atoms with Gasteiger partial charge in [-0.1, -0.05) is 6.07 Å². The molecule has 0 spiro atoms. The van der Waals surface area contributed by atoms with Crippen molar-refractivity contribution in [2.45, 2.75) is 44.5 Å². The Labute approximate surface area is 124 Å². The van der Waals surface area contributed by atoms with Gasteiger partial charge in [0.05, 0.1) is 23.7 Å². The highest BCUT2D eigenvalue weighted by Crippen LogP contribution is 2.27. The fraction of sp³-hybridized carbons (Fsp3) is 0.600. The molecule has 1 fully saturated rings. The van der Waals surface area contributed by atoms with Crippen molar-refractivity contribution < 1.29 is 14.4 Å². The van der Waals surface area contributed by atoms with Crippen LogP contribution in [0.25, 0.3) is 0 Å².